The van der Waals surface area contributed by atoms with E-state index in [9.17, 15) is 0 Å². The van der Waals surface area contributed by atoms with Gasteiger partial charge in [0, 0.05) is 20.1 Å². The first-order chi connectivity index (χ1) is 8.70. The van der Waals surface area contributed by atoms with Crippen molar-refractivity contribution in [2.45, 2.75) is 13.1 Å². The van der Waals surface area contributed by atoms with Gasteiger partial charge < -0.3 is 10.6 Å². The number of nitrogens with two attached hydrogens (primary N) is 1. The molecule has 3 heteroatoms. The summed E-state index contributed by atoms with van der Waals surface area (Å²) in [4.78, 5) is 2.14. The molecule has 0 atom stereocenters. The molecule has 0 saturated heterocycles. The molecule has 2 nitrogen and oxygen atoms in total. The van der Waals surface area contributed by atoms with Crippen molar-refractivity contribution in [3.05, 3.63) is 64.7 Å². The topological polar surface area (TPSA) is 29.3 Å². The Morgan fingerprint density at radius 1 is 1.06 bits per heavy atom. The van der Waals surface area contributed by atoms with Gasteiger partial charge in [0.15, 0.2) is 0 Å². The summed E-state index contributed by atoms with van der Waals surface area (Å²) < 4.78 is 0. The highest BCUT2D eigenvalue weighted by Crippen LogP contribution is 2.27. The molecule has 0 unspecified atom stereocenters. The van der Waals surface area contributed by atoms with Crippen LogP contribution in [0.3, 0.4) is 0 Å². The molecular weight excluding hydrogens is 244 g/mol. The Labute approximate surface area is 113 Å². The van der Waals surface area contributed by atoms with Crippen LogP contribution in [0.15, 0.2) is 48.5 Å². The molecule has 0 bridgehead atoms. The third-order valence-corrected chi connectivity index (χ3v) is 3.22. The van der Waals surface area contributed by atoms with Gasteiger partial charge in [0.25, 0.3) is 0 Å². The van der Waals surface area contributed by atoms with Crippen LogP contribution in [0, 0.1) is 0 Å². The Morgan fingerprint density at radius 2 is 1.78 bits per heavy atom. The monoisotopic (exact) mass is 260 g/mol. The van der Waals surface area contributed by atoms with E-state index in [4.69, 9.17) is 17.3 Å². The van der Waals surface area contributed by atoms with E-state index in [-0.39, 0.29) is 0 Å². The second kappa shape index (κ2) is 5.89. The summed E-state index contributed by atoms with van der Waals surface area (Å²) in [7, 11) is 2.04. The molecule has 0 aromatic heterocycles. The second-order valence-electron chi connectivity index (χ2n) is 4.33. The summed E-state index contributed by atoms with van der Waals surface area (Å²) in [6.45, 7) is 1.35. The van der Waals surface area contributed by atoms with Crippen molar-refractivity contribution in [1.29, 1.82) is 0 Å². The van der Waals surface area contributed by atoms with Gasteiger partial charge in [-0.3, -0.25) is 0 Å². The van der Waals surface area contributed by atoms with Gasteiger partial charge in [-0.1, -0.05) is 48.0 Å². The first-order valence-electron chi connectivity index (χ1n) is 5.94. The average Bonchev–Trinajstić information content (AvgIpc) is 2.39. The molecule has 2 aromatic carbocycles. The fraction of sp³-hybridized carbons (Fsp3) is 0.200. The van der Waals surface area contributed by atoms with Crippen LogP contribution in [0.25, 0.3) is 0 Å². The normalized spacial score (nSPS) is 10.4. The molecule has 0 fully saturated rings. The van der Waals surface area contributed by atoms with Gasteiger partial charge in [-0.25, -0.2) is 0 Å². The number of rotatable bonds is 4. The van der Waals surface area contributed by atoms with Crippen LogP contribution in [0.1, 0.15) is 11.1 Å². The molecule has 0 heterocycles. The Hall–Kier alpha value is -1.51. The SMILES string of the molecule is CN(Cc1ccccc1)c1ccc(CN)cc1Cl. The maximum Gasteiger partial charge on any atom is 0.0642 e. The summed E-state index contributed by atoms with van der Waals surface area (Å²) in [6.07, 6.45) is 0. The van der Waals surface area contributed by atoms with Gasteiger partial charge in [0.2, 0.25) is 0 Å². The van der Waals surface area contributed by atoms with E-state index < -0.39 is 0 Å². The van der Waals surface area contributed by atoms with Gasteiger partial charge in [0.1, 0.15) is 0 Å². The highest BCUT2D eigenvalue weighted by atomic mass is 35.5. The van der Waals surface area contributed by atoms with Crippen LogP contribution in [0.4, 0.5) is 5.69 Å². The maximum atomic E-state index is 6.27. The second-order valence-corrected chi connectivity index (χ2v) is 4.74. The molecule has 0 spiro atoms. The molecule has 94 valence electrons. The summed E-state index contributed by atoms with van der Waals surface area (Å²) in [6, 6.07) is 16.3. The molecule has 0 radical (unpaired) electrons. The van der Waals surface area contributed by atoms with E-state index in [2.05, 4.69) is 17.0 Å². The van der Waals surface area contributed by atoms with Crippen molar-refractivity contribution in [1.82, 2.24) is 0 Å². The summed E-state index contributed by atoms with van der Waals surface area (Å²) >= 11 is 6.27. The van der Waals surface area contributed by atoms with E-state index in [1.165, 1.54) is 5.56 Å². The lowest BCUT2D eigenvalue weighted by Gasteiger charge is -2.21. The van der Waals surface area contributed by atoms with Crippen LogP contribution in [0.2, 0.25) is 5.02 Å². The van der Waals surface area contributed by atoms with Crippen LogP contribution >= 0.6 is 11.6 Å². The smallest absolute Gasteiger partial charge is 0.0642 e. The van der Waals surface area contributed by atoms with Crippen molar-refractivity contribution < 1.29 is 0 Å². The largest absolute Gasteiger partial charge is 0.369 e. The molecule has 0 aliphatic carbocycles. The number of nitrogens with zero attached hydrogens (tertiary/aromatic N) is 1. The number of benzene rings is 2. The zero-order valence-corrected chi connectivity index (χ0v) is 11.2. The van der Waals surface area contributed by atoms with E-state index in [0.29, 0.717) is 6.54 Å². The summed E-state index contributed by atoms with van der Waals surface area (Å²) in [5, 5.41) is 0.747. The van der Waals surface area contributed by atoms with Crippen LogP contribution in [0.5, 0.6) is 0 Å². The zero-order chi connectivity index (χ0) is 13.0. The van der Waals surface area contributed by atoms with E-state index in [1.807, 2.05) is 43.4 Å². The molecule has 2 aromatic rings. The van der Waals surface area contributed by atoms with E-state index >= 15 is 0 Å². The first-order valence-corrected chi connectivity index (χ1v) is 6.32. The van der Waals surface area contributed by atoms with Crippen molar-refractivity contribution in [2.75, 3.05) is 11.9 Å². The van der Waals surface area contributed by atoms with Crippen LogP contribution in [-0.4, -0.2) is 7.05 Å². The third kappa shape index (κ3) is 3.03. The molecule has 2 N–H and O–H groups in total. The lowest BCUT2D eigenvalue weighted by molar-refractivity contribution is 0.921. The molecule has 2 rings (SSSR count). The summed E-state index contributed by atoms with van der Waals surface area (Å²) in [5.74, 6) is 0. The van der Waals surface area contributed by atoms with E-state index in [0.717, 1.165) is 22.8 Å². The van der Waals surface area contributed by atoms with Crippen LogP contribution in [-0.2, 0) is 13.1 Å². The van der Waals surface area contributed by atoms with Crippen molar-refractivity contribution in [3.63, 3.8) is 0 Å². The lowest BCUT2D eigenvalue weighted by Crippen LogP contribution is -2.16. The van der Waals surface area contributed by atoms with Gasteiger partial charge in [-0.2, -0.15) is 0 Å². The predicted molar refractivity (Wildman–Crippen MR) is 77.9 cm³/mol. The molecule has 0 aliphatic rings. The number of anilines is 1. The Bertz CT molecular complexity index is 511. The first kappa shape index (κ1) is 12.9. The number of hydrogen-bond acceptors (Lipinski definition) is 2. The Kier molecular flexibility index (Phi) is 4.24. The Morgan fingerprint density at radius 3 is 2.39 bits per heavy atom. The van der Waals surface area contributed by atoms with Gasteiger partial charge in [0.05, 0.1) is 10.7 Å². The molecule has 18 heavy (non-hydrogen) atoms. The standard InChI is InChI=1S/C15H17ClN2/c1-18(11-12-5-3-2-4-6-12)15-8-7-13(10-17)9-14(15)16/h2-9H,10-11,17H2,1H3. The fourth-order valence-corrected chi connectivity index (χ4v) is 2.28. The highest BCUT2D eigenvalue weighted by molar-refractivity contribution is 6.33. The third-order valence-electron chi connectivity index (χ3n) is 2.92. The maximum absolute atomic E-state index is 6.27. The number of halogens is 1. The van der Waals surface area contributed by atoms with Gasteiger partial charge in [-0.15, -0.1) is 0 Å². The predicted octanol–water partition coefficient (Wildman–Crippen LogP) is 3.44. The van der Waals surface area contributed by atoms with Crippen molar-refractivity contribution >= 4 is 17.3 Å². The quantitative estimate of drug-likeness (QED) is 0.913. The number of hydrogen-bond donors (Lipinski definition) is 1. The van der Waals surface area contributed by atoms with Crippen molar-refractivity contribution in [2.24, 2.45) is 5.73 Å². The molecule has 0 amide bonds. The lowest BCUT2D eigenvalue weighted by atomic mass is 10.1. The average molecular weight is 261 g/mol. The van der Waals surface area contributed by atoms with Crippen LogP contribution < -0.4 is 10.6 Å². The van der Waals surface area contributed by atoms with E-state index in [1.54, 1.807) is 0 Å². The fourth-order valence-electron chi connectivity index (χ4n) is 1.93. The molecular formula is C15H17ClN2. The molecule has 0 aliphatic heterocycles. The summed E-state index contributed by atoms with van der Waals surface area (Å²) in [5.41, 5.74) is 8.94. The molecule has 0 saturated carbocycles. The minimum Gasteiger partial charge on any atom is -0.369 e. The minimum absolute atomic E-state index is 0.516. The minimum atomic E-state index is 0.516. The Balaban J connectivity index is 2.16. The van der Waals surface area contributed by atoms with Gasteiger partial charge in [-0.05, 0) is 23.3 Å². The van der Waals surface area contributed by atoms with Crippen molar-refractivity contribution in [3.8, 4) is 0 Å². The highest BCUT2D eigenvalue weighted by Gasteiger charge is 2.07. The zero-order valence-electron chi connectivity index (χ0n) is 10.4. The van der Waals surface area contributed by atoms with Gasteiger partial charge >= 0.3 is 0 Å².